The average molecular weight is 295 g/mol. The zero-order valence-electron chi connectivity index (χ0n) is 12.6. The van der Waals surface area contributed by atoms with Gasteiger partial charge in [0.25, 0.3) is 0 Å². The summed E-state index contributed by atoms with van der Waals surface area (Å²) in [6.07, 6.45) is 2.13. The average Bonchev–Trinajstić information content (AvgIpc) is 2.94. The van der Waals surface area contributed by atoms with Crippen LogP contribution in [0, 0.1) is 0 Å². The lowest BCUT2D eigenvalue weighted by Crippen LogP contribution is -2.41. The molecule has 0 amide bonds. The molecule has 20 heavy (non-hydrogen) atoms. The molecule has 0 spiro atoms. The molecule has 1 aromatic rings. The van der Waals surface area contributed by atoms with Crippen molar-refractivity contribution < 1.29 is 14.0 Å². The van der Waals surface area contributed by atoms with Gasteiger partial charge in [-0.15, -0.1) is 11.3 Å². The van der Waals surface area contributed by atoms with Crippen LogP contribution in [0.3, 0.4) is 0 Å². The third-order valence-corrected chi connectivity index (χ3v) is 5.70. The Morgan fingerprint density at radius 3 is 2.35 bits per heavy atom. The van der Waals surface area contributed by atoms with E-state index in [-0.39, 0.29) is 18.3 Å². The lowest BCUT2D eigenvalue weighted by Gasteiger charge is -2.32. The molecule has 0 bridgehead atoms. The van der Waals surface area contributed by atoms with Crippen molar-refractivity contribution in [2.75, 3.05) is 13.2 Å². The van der Waals surface area contributed by atoms with Crippen LogP contribution in [0.25, 0.3) is 0 Å². The monoisotopic (exact) mass is 295 g/mol. The predicted molar refractivity (Wildman–Crippen MR) is 80.6 cm³/mol. The van der Waals surface area contributed by atoms with Crippen molar-refractivity contribution in [1.82, 2.24) is 4.98 Å². The van der Waals surface area contributed by atoms with Crippen LogP contribution in [0.15, 0.2) is 5.51 Å². The highest BCUT2D eigenvalue weighted by Gasteiger charge is 2.53. The van der Waals surface area contributed by atoms with E-state index in [0.717, 1.165) is 31.6 Å². The van der Waals surface area contributed by atoms with E-state index in [4.69, 9.17) is 14.0 Å². The molecule has 0 N–H and O–H groups in total. The lowest BCUT2D eigenvalue weighted by atomic mass is 9.80. The predicted octanol–water partition coefficient (Wildman–Crippen LogP) is 2.34. The largest absolute Gasteiger partial charge is 0.515 e. The minimum Gasteiger partial charge on any atom is -0.398 e. The van der Waals surface area contributed by atoms with Gasteiger partial charge in [-0.2, -0.15) is 0 Å². The summed E-state index contributed by atoms with van der Waals surface area (Å²) >= 11 is 1.72. The topological polar surface area (TPSA) is 40.6 Å². The van der Waals surface area contributed by atoms with Crippen LogP contribution < -0.4 is 5.59 Å². The highest BCUT2D eigenvalue weighted by Crippen LogP contribution is 2.38. The van der Waals surface area contributed by atoms with E-state index in [1.54, 1.807) is 11.3 Å². The lowest BCUT2D eigenvalue weighted by molar-refractivity contribution is 0.00578. The number of thiazole rings is 1. The van der Waals surface area contributed by atoms with Gasteiger partial charge in [-0.1, -0.05) is 0 Å². The summed E-state index contributed by atoms with van der Waals surface area (Å²) in [5.41, 5.74) is 2.26. The molecule has 6 heteroatoms. The fraction of sp³-hybridized carbons (Fsp3) is 0.786. The zero-order valence-corrected chi connectivity index (χ0v) is 13.5. The first-order valence-electron chi connectivity index (χ1n) is 7.27. The van der Waals surface area contributed by atoms with Gasteiger partial charge in [-0.3, -0.25) is 4.98 Å². The molecule has 0 radical (unpaired) electrons. The summed E-state index contributed by atoms with van der Waals surface area (Å²) in [5.74, 6) is 0.533. The molecule has 4 nitrogen and oxygen atoms in total. The summed E-state index contributed by atoms with van der Waals surface area (Å²) < 4.78 is 17.7. The van der Waals surface area contributed by atoms with Crippen molar-refractivity contribution >= 4 is 24.0 Å². The molecule has 2 fully saturated rings. The number of rotatable bonds is 2. The SMILES string of the molecule is CC1(C)OB(c2ncsc2C2CCOCC2)OC1(C)C. The summed E-state index contributed by atoms with van der Waals surface area (Å²) in [5, 5.41) is 0. The maximum absolute atomic E-state index is 6.13. The Morgan fingerprint density at radius 1 is 1.15 bits per heavy atom. The van der Waals surface area contributed by atoms with Crippen molar-refractivity contribution in [2.45, 2.75) is 57.7 Å². The molecular weight excluding hydrogens is 273 g/mol. The Balaban J connectivity index is 1.84. The second-order valence-corrected chi connectivity index (χ2v) is 7.46. The van der Waals surface area contributed by atoms with Gasteiger partial charge >= 0.3 is 7.12 Å². The van der Waals surface area contributed by atoms with Gasteiger partial charge in [-0.25, -0.2) is 0 Å². The van der Waals surface area contributed by atoms with E-state index >= 15 is 0 Å². The van der Waals surface area contributed by atoms with E-state index in [1.165, 1.54) is 4.88 Å². The Morgan fingerprint density at radius 2 is 1.75 bits per heavy atom. The number of nitrogens with zero attached hydrogens (tertiary/aromatic N) is 1. The maximum atomic E-state index is 6.13. The Hall–Kier alpha value is -0.425. The maximum Gasteiger partial charge on any atom is 0.515 e. The molecule has 2 aliphatic rings. The van der Waals surface area contributed by atoms with Crippen LogP contribution in [0.2, 0.25) is 0 Å². The molecule has 3 heterocycles. The van der Waals surface area contributed by atoms with Gasteiger partial charge in [0.05, 0.1) is 22.3 Å². The standard InChI is InChI=1S/C14H22BNO3S/c1-13(2)14(3,4)19-15(18-13)12-11(20-9-16-12)10-5-7-17-8-6-10/h9-10H,5-8H2,1-4H3. The molecule has 2 saturated heterocycles. The highest BCUT2D eigenvalue weighted by molar-refractivity contribution is 7.11. The smallest absolute Gasteiger partial charge is 0.398 e. The van der Waals surface area contributed by atoms with Crippen LogP contribution in [0.1, 0.15) is 51.3 Å². The first-order chi connectivity index (χ1) is 9.41. The van der Waals surface area contributed by atoms with Crippen LogP contribution in [-0.4, -0.2) is 36.5 Å². The van der Waals surface area contributed by atoms with E-state index in [0.29, 0.717) is 5.92 Å². The molecule has 0 atom stereocenters. The zero-order chi connectivity index (χ0) is 14.4. The molecule has 110 valence electrons. The van der Waals surface area contributed by atoms with Gasteiger partial charge in [0, 0.05) is 18.1 Å². The van der Waals surface area contributed by atoms with Crippen molar-refractivity contribution in [3.8, 4) is 0 Å². The van der Waals surface area contributed by atoms with E-state index in [9.17, 15) is 0 Å². The van der Waals surface area contributed by atoms with E-state index in [2.05, 4.69) is 32.7 Å². The normalized spacial score (nSPS) is 26.1. The molecule has 1 aromatic heterocycles. The van der Waals surface area contributed by atoms with Gasteiger partial charge in [0.15, 0.2) is 0 Å². The fourth-order valence-electron chi connectivity index (χ4n) is 2.66. The third-order valence-electron chi connectivity index (χ3n) is 4.69. The van der Waals surface area contributed by atoms with E-state index in [1.807, 2.05) is 5.51 Å². The number of aromatic nitrogens is 1. The number of hydrogen-bond acceptors (Lipinski definition) is 5. The van der Waals surface area contributed by atoms with Gasteiger partial charge in [-0.05, 0) is 46.5 Å². The van der Waals surface area contributed by atoms with Crippen molar-refractivity contribution in [2.24, 2.45) is 0 Å². The summed E-state index contributed by atoms with van der Waals surface area (Å²) in [6, 6.07) is 0. The molecule has 3 rings (SSSR count). The first kappa shape index (κ1) is 14.5. The molecule has 0 aliphatic carbocycles. The molecule has 0 unspecified atom stereocenters. The van der Waals surface area contributed by atoms with Crippen LogP contribution in [0.4, 0.5) is 0 Å². The number of ether oxygens (including phenoxy) is 1. The van der Waals surface area contributed by atoms with Crippen LogP contribution >= 0.6 is 11.3 Å². The van der Waals surface area contributed by atoms with Crippen molar-refractivity contribution in [3.63, 3.8) is 0 Å². The second kappa shape index (κ2) is 5.09. The Labute approximate surface area is 125 Å². The van der Waals surface area contributed by atoms with Gasteiger partial charge in [0.1, 0.15) is 0 Å². The van der Waals surface area contributed by atoms with Crippen LogP contribution in [0.5, 0.6) is 0 Å². The Kier molecular flexibility index (Phi) is 3.69. The van der Waals surface area contributed by atoms with Crippen LogP contribution in [-0.2, 0) is 14.0 Å². The molecule has 0 saturated carbocycles. The van der Waals surface area contributed by atoms with Gasteiger partial charge < -0.3 is 14.0 Å². The minimum absolute atomic E-state index is 0.311. The van der Waals surface area contributed by atoms with E-state index < -0.39 is 0 Å². The third kappa shape index (κ3) is 2.43. The summed E-state index contributed by atoms with van der Waals surface area (Å²) in [6.45, 7) is 9.98. The van der Waals surface area contributed by atoms with Gasteiger partial charge in [0.2, 0.25) is 0 Å². The first-order valence-corrected chi connectivity index (χ1v) is 8.15. The molecule has 0 aromatic carbocycles. The number of hydrogen-bond donors (Lipinski definition) is 0. The van der Waals surface area contributed by atoms with Crippen molar-refractivity contribution in [1.29, 1.82) is 0 Å². The minimum atomic E-state index is -0.343. The molecular formula is C14H22BNO3S. The highest BCUT2D eigenvalue weighted by atomic mass is 32.1. The second-order valence-electron chi connectivity index (χ2n) is 6.58. The fourth-order valence-corrected chi connectivity index (χ4v) is 3.64. The van der Waals surface area contributed by atoms with Crippen molar-refractivity contribution in [3.05, 3.63) is 10.4 Å². The summed E-state index contributed by atoms with van der Waals surface area (Å²) in [7, 11) is -0.343. The Bertz CT molecular complexity index is 467. The molecule has 2 aliphatic heterocycles. The summed E-state index contributed by atoms with van der Waals surface area (Å²) in [4.78, 5) is 5.84. The quantitative estimate of drug-likeness (QED) is 0.785.